The van der Waals surface area contributed by atoms with Crippen LogP contribution in [0.3, 0.4) is 0 Å². The van der Waals surface area contributed by atoms with E-state index in [1.807, 2.05) is 19.1 Å². The molecule has 2 N–H and O–H groups in total. The summed E-state index contributed by atoms with van der Waals surface area (Å²) in [7, 11) is 0. The molecule has 0 saturated heterocycles. The zero-order chi connectivity index (χ0) is 11.4. The maximum Gasteiger partial charge on any atom is 0.124 e. The predicted molar refractivity (Wildman–Crippen MR) is 67.8 cm³/mol. The quantitative estimate of drug-likeness (QED) is 0.786. The molecule has 2 rings (SSSR count). The molecule has 88 valence electrons. The van der Waals surface area contributed by atoms with Crippen LogP contribution in [0.2, 0.25) is 0 Å². The first-order valence-corrected chi connectivity index (χ1v) is 6.33. The molecule has 0 aliphatic heterocycles. The Labute approximate surface area is 97.8 Å². The van der Waals surface area contributed by atoms with Gasteiger partial charge in [0.2, 0.25) is 0 Å². The van der Waals surface area contributed by atoms with Gasteiger partial charge in [0.15, 0.2) is 0 Å². The number of ether oxygens (including phenoxy) is 1. The van der Waals surface area contributed by atoms with E-state index in [4.69, 9.17) is 10.5 Å². The molecule has 1 aliphatic rings. The fourth-order valence-corrected chi connectivity index (χ4v) is 2.58. The van der Waals surface area contributed by atoms with Gasteiger partial charge in [0.1, 0.15) is 5.75 Å². The van der Waals surface area contributed by atoms with E-state index in [0.717, 1.165) is 11.4 Å². The van der Waals surface area contributed by atoms with Crippen LogP contribution < -0.4 is 10.5 Å². The molecule has 1 aromatic rings. The summed E-state index contributed by atoms with van der Waals surface area (Å²) >= 11 is 0. The highest BCUT2D eigenvalue weighted by Gasteiger charge is 2.19. The van der Waals surface area contributed by atoms with Gasteiger partial charge in [-0.15, -0.1) is 0 Å². The highest BCUT2D eigenvalue weighted by atomic mass is 16.5. The van der Waals surface area contributed by atoms with Gasteiger partial charge >= 0.3 is 0 Å². The largest absolute Gasteiger partial charge is 0.494 e. The first-order chi connectivity index (χ1) is 7.81. The Morgan fingerprint density at radius 3 is 2.69 bits per heavy atom. The summed E-state index contributed by atoms with van der Waals surface area (Å²) in [5.41, 5.74) is 7.96. The normalized spacial score (nSPS) is 17.3. The zero-order valence-corrected chi connectivity index (χ0v) is 10.0. The van der Waals surface area contributed by atoms with Gasteiger partial charge in [0, 0.05) is 11.8 Å². The minimum absolute atomic E-state index is 0.677. The van der Waals surface area contributed by atoms with Crippen LogP contribution in [0.1, 0.15) is 50.5 Å². The standard InChI is InChI=1S/C14H21NO/c1-2-16-14-10-12(15)8-9-13(14)11-6-4-3-5-7-11/h8-11H,2-7,15H2,1H3. The number of nitrogens with two attached hydrogens (primary N) is 1. The third kappa shape index (κ3) is 2.49. The lowest BCUT2D eigenvalue weighted by molar-refractivity contribution is 0.328. The smallest absolute Gasteiger partial charge is 0.124 e. The summed E-state index contributed by atoms with van der Waals surface area (Å²) in [6, 6.07) is 6.11. The molecule has 2 heteroatoms. The van der Waals surface area contributed by atoms with Gasteiger partial charge in [-0.3, -0.25) is 0 Å². The third-order valence-corrected chi connectivity index (χ3v) is 3.38. The fraction of sp³-hybridized carbons (Fsp3) is 0.571. The molecular formula is C14H21NO. The Morgan fingerprint density at radius 2 is 2.00 bits per heavy atom. The summed E-state index contributed by atoms with van der Waals surface area (Å²) in [6.45, 7) is 2.73. The minimum atomic E-state index is 0.677. The minimum Gasteiger partial charge on any atom is -0.494 e. The Balaban J connectivity index is 2.23. The van der Waals surface area contributed by atoms with Gasteiger partial charge < -0.3 is 10.5 Å². The van der Waals surface area contributed by atoms with Crippen molar-refractivity contribution in [3.8, 4) is 5.75 Å². The van der Waals surface area contributed by atoms with E-state index >= 15 is 0 Å². The lowest BCUT2D eigenvalue weighted by Gasteiger charge is -2.24. The maximum absolute atomic E-state index is 5.81. The summed E-state index contributed by atoms with van der Waals surface area (Å²) in [6.07, 6.45) is 6.67. The number of anilines is 1. The lowest BCUT2D eigenvalue weighted by atomic mass is 9.83. The van der Waals surface area contributed by atoms with Crippen LogP contribution in [0, 0.1) is 0 Å². The molecule has 0 amide bonds. The van der Waals surface area contributed by atoms with Gasteiger partial charge in [-0.25, -0.2) is 0 Å². The number of nitrogen functional groups attached to an aromatic ring is 1. The van der Waals surface area contributed by atoms with Crippen molar-refractivity contribution in [2.75, 3.05) is 12.3 Å². The lowest BCUT2D eigenvalue weighted by Crippen LogP contribution is -2.07. The molecule has 1 aromatic carbocycles. The van der Waals surface area contributed by atoms with Crippen molar-refractivity contribution in [1.82, 2.24) is 0 Å². The third-order valence-electron chi connectivity index (χ3n) is 3.38. The van der Waals surface area contributed by atoms with Crippen molar-refractivity contribution in [3.63, 3.8) is 0 Å². The monoisotopic (exact) mass is 219 g/mol. The summed E-state index contributed by atoms with van der Waals surface area (Å²) in [5.74, 6) is 1.67. The zero-order valence-electron chi connectivity index (χ0n) is 10.0. The molecule has 0 aromatic heterocycles. The SMILES string of the molecule is CCOc1cc(N)ccc1C1CCCCC1. The second-order valence-corrected chi connectivity index (χ2v) is 4.57. The molecule has 0 spiro atoms. The van der Waals surface area contributed by atoms with Crippen LogP contribution in [0.15, 0.2) is 18.2 Å². The van der Waals surface area contributed by atoms with Crippen LogP contribution in [0.25, 0.3) is 0 Å². The maximum atomic E-state index is 5.81. The summed E-state index contributed by atoms with van der Waals surface area (Å²) < 4.78 is 5.69. The van der Waals surface area contributed by atoms with Gasteiger partial charge in [0.05, 0.1) is 6.61 Å². The first-order valence-electron chi connectivity index (χ1n) is 6.33. The van der Waals surface area contributed by atoms with Gasteiger partial charge in [-0.1, -0.05) is 25.3 Å². The van der Waals surface area contributed by atoms with E-state index in [-0.39, 0.29) is 0 Å². The molecule has 1 fully saturated rings. The average molecular weight is 219 g/mol. The van der Waals surface area contributed by atoms with Crippen LogP contribution in [0.5, 0.6) is 5.75 Å². The predicted octanol–water partition coefficient (Wildman–Crippen LogP) is 3.72. The molecule has 16 heavy (non-hydrogen) atoms. The van der Waals surface area contributed by atoms with Crippen LogP contribution in [0.4, 0.5) is 5.69 Å². The van der Waals surface area contributed by atoms with E-state index in [9.17, 15) is 0 Å². The van der Waals surface area contributed by atoms with Crippen LogP contribution in [-0.4, -0.2) is 6.61 Å². The van der Waals surface area contributed by atoms with Gasteiger partial charge in [0.25, 0.3) is 0 Å². The highest BCUT2D eigenvalue weighted by Crippen LogP contribution is 2.38. The van der Waals surface area contributed by atoms with Crippen molar-refractivity contribution in [3.05, 3.63) is 23.8 Å². The molecule has 0 heterocycles. The topological polar surface area (TPSA) is 35.2 Å². The van der Waals surface area contributed by atoms with E-state index in [0.29, 0.717) is 12.5 Å². The Bertz CT molecular complexity index is 343. The van der Waals surface area contributed by atoms with Crippen molar-refractivity contribution in [2.24, 2.45) is 0 Å². The molecule has 1 saturated carbocycles. The van der Waals surface area contributed by atoms with Gasteiger partial charge in [-0.05, 0) is 37.3 Å². The number of rotatable bonds is 3. The fourth-order valence-electron chi connectivity index (χ4n) is 2.58. The number of benzene rings is 1. The van der Waals surface area contributed by atoms with Crippen molar-refractivity contribution in [1.29, 1.82) is 0 Å². The van der Waals surface area contributed by atoms with E-state index in [1.165, 1.54) is 37.7 Å². The summed E-state index contributed by atoms with van der Waals surface area (Å²) in [5, 5.41) is 0. The number of hydrogen-bond acceptors (Lipinski definition) is 2. The second-order valence-electron chi connectivity index (χ2n) is 4.57. The molecule has 2 nitrogen and oxygen atoms in total. The van der Waals surface area contributed by atoms with Gasteiger partial charge in [-0.2, -0.15) is 0 Å². The van der Waals surface area contributed by atoms with Crippen molar-refractivity contribution < 1.29 is 4.74 Å². The van der Waals surface area contributed by atoms with E-state index in [1.54, 1.807) is 0 Å². The molecule has 0 bridgehead atoms. The van der Waals surface area contributed by atoms with Crippen molar-refractivity contribution in [2.45, 2.75) is 44.9 Å². The molecular weight excluding hydrogens is 198 g/mol. The highest BCUT2D eigenvalue weighted by molar-refractivity contribution is 5.49. The van der Waals surface area contributed by atoms with E-state index in [2.05, 4.69) is 6.07 Å². The summed E-state index contributed by atoms with van der Waals surface area (Å²) in [4.78, 5) is 0. The first kappa shape index (κ1) is 11.3. The number of hydrogen-bond donors (Lipinski definition) is 1. The second kappa shape index (κ2) is 5.24. The molecule has 0 radical (unpaired) electrons. The molecule has 0 atom stereocenters. The molecule has 0 unspecified atom stereocenters. The Morgan fingerprint density at radius 1 is 1.25 bits per heavy atom. The Hall–Kier alpha value is -1.18. The molecule has 1 aliphatic carbocycles. The van der Waals surface area contributed by atoms with Crippen LogP contribution >= 0.6 is 0 Å². The average Bonchev–Trinajstić information content (AvgIpc) is 2.31. The van der Waals surface area contributed by atoms with E-state index < -0.39 is 0 Å². The van der Waals surface area contributed by atoms with Crippen LogP contribution in [-0.2, 0) is 0 Å². The van der Waals surface area contributed by atoms with Crippen molar-refractivity contribution >= 4 is 5.69 Å². The Kier molecular flexibility index (Phi) is 3.70.